The van der Waals surface area contributed by atoms with Crippen LogP contribution >= 0.6 is 11.3 Å². The smallest absolute Gasteiger partial charge is 0.223 e. The number of fused-ring (bicyclic) bond motifs is 1. The number of nitrogens with zero attached hydrogens (tertiary/aromatic N) is 2. The molecular weight excluding hydrogens is 364 g/mol. The van der Waals surface area contributed by atoms with Gasteiger partial charge in [-0.3, -0.25) is 9.69 Å². The number of carbonyl (C=O) groups is 1. The first-order chi connectivity index (χ1) is 13.7. The van der Waals surface area contributed by atoms with Gasteiger partial charge < -0.3 is 4.90 Å². The molecule has 1 aromatic rings. The Labute approximate surface area is 173 Å². The molecule has 28 heavy (non-hydrogen) atoms. The SMILES string of the molecule is O=C(CC12CC3CC(CC(C3)C1)C2)N1CCC(N2CCc3sccc3C2)CC1. The van der Waals surface area contributed by atoms with Gasteiger partial charge in [-0.25, -0.2) is 0 Å². The number of carbonyl (C=O) groups excluding carboxylic acids is 1. The van der Waals surface area contributed by atoms with Crippen molar-refractivity contribution in [3.63, 3.8) is 0 Å². The van der Waals surface area contributed by atoms with Gasteiger partial charge in [0.25, 0.3) is 0 Å². The summed E-state index contributed by atoms with van der Waals surface area (Å²) in [6.45, 7) is 4.32. The third-order valence-electron chi connectivity index (χ3n) is 8.86. The van der Waals surface area contributed by atoms with E-state index in [1.807, 2.05) is 11.3 Å². The number of likely N-dealkylation sites (tertiary alicyclic amines) is 1. The summed E-state index contributed by atoms with van der Waals surface area (Å²) in [5.41, 5.74) is 1.95. The van der Waals surface area contributed by atoms with E-state index in [4.69, 9.17) is 0 Å². The molecule has 4 aliphatic carbocycles. The second-order valence-electron chi connectivity index (χ2n) is 10.8. The van der Waals surface area contributed by atoms with Gasteiger partial charge in [0.15, 0.2) is 0 Å². The highest BCUT2D eigenvalue weighted by molar-refractivity contribution is 7.10. The fraction of sp³-hybridized carbons (Fsp3) is 0.792. The molecule has 152 valence electrons. The number of amides is 1. The van der Waals surface area contributed by atoms with Crippen LogP contribution in [0.4, 0.5) is 0 Å². The minimum atomic E-state index is 0.394. The number of hydrogen-bond donors (Lipinski definition) is 0. The van der Waals surface area contributed by atoms with Crippen LogP contribution in [0.3, 0.4) is 0 Å². The summed E-state index contributed by atoms with van der Waals surface area (Å²) in [6.07, 6.45) is 12.9. The summed E-state index contributed by atoms with van der Waals surface area (Å²) < 4.78 is 0. The van der Waals surface area contributed by atoms with Crippen molar-refractivity contribution in [1.29, 1.82) is 0 Å². The summed E-state index contributed by atoms with van der Waals surface area (Å²) in [6, 6.07) is 2.99. The lowest BCUT2D eigenvalue weighted by Gasteiger charge is -2.57. The molecule has 1 aromatic heterocycles. The first-order valence-electron chi connectivity index (χ1n) is 11.7. The van der Waals surface area contributed by atoms with Crippen LogP contribution in [-0.4, -0.2) is 41.4 Å². The van der Waals surface area contributed by atoms with Crippen molar-refractivity contribution in [3.8, 4) is 0 Å². The van der Waals surface area contributed by atoms with Gasteiger partial charge in [-0.2, -0.15) is 0 Å². The Morgan fingerprint density at radius 1 is 1.04 bits per heavy atom. The van der Waals surface area contributed by atoms with Gasteiger partial charge in [0.05, 0.1) is 0 Å². The summed E-state index contributed by atoms with van der Waals surface area (Å²) in [4.78, 5) is 19.7. The Balaban J connectivity index is 1.05. The highest BCUT2D eigenvalue weighted by Crippen LogP contribution is 2.61. The normalized spacial score (nSPS) is 38.0. The minimum Gasteiger partial charge on any atom is -0.343 e. The summed E-state index contributed by atoms with van der Waals surface area (Å²) in [5.74, 6) is 3.34. The maximum Gasteiger partial charge on any atom is 0.223 e. The third kappa shape index (κ3) is 3.15. The van der Waals surface area contributed by atoms with Crippen LogP contribution in [-0.2, 0) is 17.8 Å². The van der Waals surface area contributed by atoms with E-state index in [1.165, 1.54) is 64.3 Å². The predicted octanol–water partition coefficient (Wildman–Crippen LogP) is 4.70. The fourth-order valence-electron chi connectivity index (χ4n) is 8.00. The van der Waals surface area contributed by atoms with Crippen LogP contribution in [0.1, 0.15) is 68.2 Å². The Morgan fingerprint density at radius 2 is 1.71 bits per heavy atom. The minimum absolute atomic E-state index is 0.394. The zero-order chi connectivity index (χ0) is 18.7. The molecule has 1 amide bonds. The molecular formula is C24H34N2OS. The Kier molecular flexibility index (Phi) is 4.38. The monoisotopic (exact) mass is 398 g/mol. The lowest BCUT2D eigenvalue weighted by molar-refractivity contribution is -0.141. The van der Waals surface area contributed by atoms with Gasteiger partial charge in [0.1, 0.15) is 0 Å². The maximum atomic E-state index is 13.2. The van der Waals surface area contributed by atoms with Crippen molar-refractivity contribution in [2.45, 2.75) is 76.8 Å². The Hall–Kier alpha value is -0.870. The number of hydrogen-bond acceptors (Lipinski definition) is 3. The van der Waals surface area contributed by atoms with Crippen molar-refractivity contribution in [3.05, 3.63) is 21.9 Å². The van der Waals surface area contributed by atoms with Gasteiger partial charge in [0, 0.05) is 43.5 Å². The molecule has 4 saturated carbocycles. The summed E-state index contributed by atoms with van der Waals surface area (Å²) in [7, 11) is 0. The molecule has 0 atom stereocenters. The van der Waals surface area contributed by atoms with E-state index in [-0.39, 0.29) is 0 Å². The van der Waals surface area contributed by atoms with Crippen LogP contribution < -0.4 is 0 Å². The molecule has 3 heterocycles. The molecule has 7 rings (SSSR count). The topological polar surface area (TPSA) is 23.6 Å². The van der Waals surface area contributed by atoms with Gasteiger partial charge >= 0.3 is 0 Å². The quantitative estimate of drug-likeness (QED) is 0.736. The van der Waals surface area contributed by atoms with Gasteiger partial charge in [0.2, 0.25) is 5.91 Å². The molecule has 6 aliphatic rings. The highest BCUT2D eigenvalue weighted by Gasteiger charge is 2.51. The zero-order valence-electron chi connectivity index (χ0n) is 17.1. The summed E-state index contributed by atoms with van der Waals surface area (Å²) >= 11 is 1.93. The van der Waals surface area contributed by atoms with E-state index < -0.39 is 0 Å². The molecule has 1 saturated heterocycles. The van der Waals surface area contributed by atoms with Crippen LogP contribution in [0.25, 0.3) is 0 Å². The van der Waals surface area contributed by atoms with Crippen molar-refractivity contribution in [2.75, 3.05) is 19.6 Å². The standard InChI is InChI=1S/C24H34N2OS/c27-23(15-24-12-17-9-18(13-24)11-19(10-17)14-24)25-5-1-21(2-6-25)26-7-3-22-20(16-26)4-8-28-22/h4,8,17-19,21H,1-3,5-7,9-16H2. The number of rotatable bonds is 3. The van der Waals surface area contributed by atoms with E-state index in [2.05, 4.69) is 21.2 Å². The Bertz CT molecular complexity index is 712. The van der Waals surface area contributed by atoms with Crippen molar-refractivity contribution in [2.24, 2.45) is 23.2 Å². The molecule has 0 spiro atoms. The molecule has 2 aliphatic heterocycles. The average molecular weight is 399 g/mol. The van der Waals surface area contributed by atoms with Crippen LogP contribution in [0.2, 0.25) is 0 Å². The molecule has 0 unspecified atom stereocenters. The van der Waals surface area contributed by atoms with Crippen molar-refractivity contribution < 1.29 is 4.79 Å². The van der Waals surface area contributed by atoms with E-state index in [0.717, 1.165) is 43.8 Å². The highest BCUT2D eigenvalue weighted by atomic mass is 32.1. The van der Waals surface area contributed by atoms with E-state index >= 15 is 0 Å². The second kappa shape index (κ2) is 6.84. The number of thiophene rings is 1. The van der Waals surface area contributed by atoms with Crippen LogP contribution in [0.15, 0.2) is 11.4 Å². The largest absolute Gasteiger partial charge is 0.343 e. The average Bonchev–Trinajstić information content (AvgIpc) is 3.14. The maximum absolute atomic E-state index is 13.2. The Morgan fingerprint density at radius 3 is 2.39 bits per heavy atom. The fourth-order valence-corrected chi connectivity index (χ4v) is 8.89. The van der Waals surface area contributed by atoms with Crippen LogP contribution in [0, 0.1) is 23.2 Å². The number of piperidine rings is 1. The predicted molar refractivity (Wildman–Crippen MR) is 113 cm³/mol. The second-order valence-corrected chi connectivity index (χ2v) is 11.8. The molecule has 4 heteroatoms. The lowest BCUT2D eigenvalue weighted by atomic mass is 9.49. The van der Waals surface area contributed by atoms with Gasteiger partial charge in [-0.05, 0) is 98.0 Å². The first-order valence-corrected chi connectivity index (χ1v) is 12.6. The third-order valence-corrected chi connectivity index (χ3v) is 9.89. The van der Waals surface area contributed by atoms with E-state index in [1.54, 1.807) is 10.4 Å². The van der Waals surface area contributed by atoms with Crippen molar-refractivity contribution >= 4 is 17.2 Å². The lowest BCUT2D eigenvalue weighted by Crippen LogP contribution is -2.51. The molecule has 0 radical (unpaired) electrons. The van der Waals surface area contributed by atoms with Gasteiger partial charge in [-0.15, -0.1) is 11.3 Å². The first kappa shape index (κ1) is 17.9. The zero-order valence-corrected chi connectivity index (χ0v) is 17.9. The molecule has 4 bridgehead atoms. The van der Waals surface area contributed by atoms with Gasteiger partial charge in [-0.1, -0.05) is 0 Å². The molecule has 5 fully saturated rings. The van der Waals surface area contributed by atoms with E-state index in [0.29, 0.717) is 17.4 Å². The molecule has 0 aromatic carbocycles. The molecule has 0 N–H and O–H groups in total. The van der Waals surface area contributed by atoms with E-state index in [9.17, 15) is 4.79 Å². The summed E-state index contributed by atoms with van der Waals surface area (Å²) in [5, 5.41) is 2.25. The van der Waals surface area contributed by atoms with Crippen LogP contribution in [0.5, 0.6) is 0 Å². The molecule has 3 nitrogen and oxygen atoms in total. The van der Waals surface area contributed by atoms with Crippen molar-refractivity contribution in [1.82, 2.24) is 9.80 Å².